The molecule has 0 aliphatic carbocycles. The number of benzene rings is 1. The van der Waals surface area contributed by atoms with E-state index in [1.165, 1.54) is 5.56 Å². The van der Waals surface area contributed by atoms with Gasteiger partial charge in [0.2, 0.25) is 0 Å². The Kier molecular flexibility index (Phi) is 3.64. The van der Waals surface area contributed by atoms with Crippen LogP contribution >= 0.6 is 23.4 Å². The molecule has 0 aliphatic heterocycles. The Bertz CT molecular complexity index is 413. The van der Waals surface area contributed by atoms with E-state index in [1.54, 1.807) is 18.0 Å². The van der Waals surface area contributed by atoms with E-state index in [1.807, 2.05) is 18.2 Å². The first-order chi connectivity index (χ1) is 7.34. The van der Waals surface area contributed by atoms with Gasteiger partial charge in [-0.05, 0) is 17.7 Å². The highest BCUT2D eigenvalue weighted by molar-refractivity contribution is 7.98. The van der Waals surface area contributed by atoms with Gasteiger partial charge >= 0.3 is 0 Å². The van der Waals surface area contributed by atoms with E-state index >= 15 is 0 Å². The second kappa shape index (κ2) is 5.19. The molecule has 1 heterocycles. The minimum absolute atomic E-state index is 0.541. The van der Waals surface area contributed by atoms with Crippen LogP contribution in [0.25, 0.3) is 0 Å². The quantitative estimate of drug-likeness (QED) is 0.589. The summed E-state index contributed by atoms with van der Waals surface area (Å²) in [5.74, 6) is 0.962. The summed E-state index contributed by atoms with van der Waals surface area (Å²) < 4.78 is 0. The van der Waals surface area contributed by atoms with E-state index in [0.29, 0.717) is 5.15 Å². The van der Waals surface area contributed by atoms with Crippen LogP contribution in [0.2, 0.25) is 5.15 Å². The molecule has 0 radical (unpaired) electrons. The van der Waals surface area contributed by atoms with Crippen molar-refractivity contribution in [1.82, 2.24) is 4.98 Å². The van der Waals surface area contributed by atoms with Crippen molar-refractivity contribution < 1.29 is 0 Å². The van der Waals surface area contributed by atoms with Crippen LogP contribution in [0.1, 0.15) is 5.56 Å². The first-order valence-electron chi connectivity index (χ1n) is 4.63. The minimum atomic E-state index is 0.541. The fourth-order valence-corrected chi connectivity index (χ4v) is 2.12. The van der Waals surface area contributed by atoms with Crippen LogP contribution in [0, 0.1) is 0 Å². The largest absolute Gasteiger partial charge is 0.243 e. The number of hydrogen-bond acceptors (Lipinski definition) is 2. The maximum Gasteiger partial charge on any atom is 0.129 e. The zero-order valence-corrected chi connectivity index (χ0v) is 9.63. The zero-order valence-electron chi connectivity index (χ0n) is 8.06. The molecule has 3 heteroatoms. The molecule has 0 saturated heterocycles. The van der Waals surface area contributed by atoms with Crippen LogP contribution in [-0.4, -0.2) is 4.98 Å². The molecule has 0 unspecified atom stereocenters. The van der Waals surface area contributed by atoms with Crippen LogP contribution in [0.15, 0.2) is 53.6 Å². The van der Waals surface area contributed by atoms with E-state index in [4.69, 9.17) is 11.6 Å². The lowest BCUT2D eigenvalue weighted by Gasteiger charge is -2.01. The average Bonchev–Trinajstić information content (AvgIpc) is 2.30. The van der Waals surface area contributed by atoms with Crippen LogP contribution in [0.4, 0.5) is 0 Å². The summed E-state index contributed by atoms with van der Waals surface area (Å²) >= 11 is 7.47. The summed E-state index contributed by atoms with van der Waals surface area (Å²) in [6.45, 7) is 0. The monoisotopic (exact) mass is 235 g/mol. The first-order valence-corrected chi connectivity index (χ1v) is 5.99. The van der Waals surface area contributed by atoms with E-state index in [0.717, 1.165) is 10.6 Å². The zero-order chi connectivity index (χ0) is 10.5. The molecular formula is C12H10ClNS. The molecule has 15 heavy (non-hydrogen) atoms. The lowest BCUT2D eigenvalue weighted by molar-refractivity contribution is 1.23. The van der Waals surface area contributed by atoms with Crippen molar-refractivity contribution in [3.63, 3.8) is 0 Å². The third kappa shape index (κ3) is 3.26. The second-order valence-electron chi connectivity index (χ2n) is 3.09. The number of aromatic nitrogens is 1. The smallest absolute Gasteiger partial charge is 0.129 e. The number of nitrogens with zero attached hydrogens (tertiary/aromatic N) is 1. The molecule has 0 saturated carbocycles. The fourth-order valence-electron chi connectivity index (χ4n) is 1.19. The van der Waals surface area contributed by atoms with Gasteiger partial charge in [-0.25, -0.2) is 4.98 Å². The second-order valence-corrected chi connectivity index (χ2v) is 4.53. The number of pyridine rings is 1. The molecule has 0 bridgehead atoms. The molecule has 0 aliphatic rings. The van der Waals surface area contributed by atoms with E-state index in [2.05, 4.69) is 29.2 Å². The van der Waals surface area contributed by atoms with Gasteiger partial charge in [0, 0.05) is 16.8 Å². The Balaban J connectivity index is 1.96. The van der Waals surface area contributed by atoms with Crippen molar-refractivity contribution in [2.75, 3.05) is 0 Å². The Hall–Kier alpha value is -0.990. The Labute approximate surface area is 98.5 Å². The molecule has 76 valence electrons. The van der Waals surface area contributed by atoms with Crippen molar-refractivity contribution in [1.29, 1.82) is 0 Å². The van der Waals surface area contributed by atoms with Gasteiger partial charge in [0.25, 0.3) is 0 Å². The Morgan fingerprint density at radius 3 is 2.53 bits per heavy atom. The van der Waals surface area contributed by atoms with Gasteiger partial charge in [-0.3, -0.25) is 0 Å². The summed E-state index contributed by atoms with van der Waals surface area (Å²) in [7, 11) is 0. The predicted molar refractivity (Wildman–Crippen MR) is 65.3 cm³/mol. The maximum absolute atomic E-state index is 5.71. The molecule has 0 spiro atoms. The highest BCUT2D eigenvalue weighted by Gasteiger charge is 1.96. The molecular weight excluding hydrogens is 226 g/mol. The van der Waals surface area contributed by atoms with E-state index < -0.39 is 0 Å². The van der Waals surface area contributed by atoms with Crippen molar-refractivity contribution in [3.05, 3.63) is 59.4 Å². The predicted octanol–water partition coefficient (Wildman–Crippen LogP) is 4.03. The third-order valence-corrected chi connectivity index (χ3v) is 3.22. The maximum atomic E-state index is 5.71. The molecule has 0 amide bonds. The molecule has 1 aromatic carbocycles. The summed E-state index contributed by atoms with van der Waals surface area (Å²) in [5.41, 5.74) is 1.32. The molecule has 0 atom stereocenters. The van der Waals surface area contributed by atoms with Gasteiger partial charge in [0.15, 0.2) is 0 Å². The summed E-state index contributed by atoms with van der Waals surface area (Å²) in [5, 5.41) is 0.541. The Morgan fingerprint density at radius 2 is 1.87 bits per heavy atom. The summed E-state index contributed by atoms with van der Waals surface area (Å²) in [6, 6.07) is 14.2. The number of thioether (sulfide) groups is 1. The van der Waals surface area contributed by atoms with Crippen molar-refractivity contribution >= 4 is 23.4 Å². The highest BCUT2D eigenvalue weighted by Crippen LogP contribution is 2.22. The van der Waals surface area contributed by atoms with Gasteiger partial charge in [0.1, 0.15) is 5.15 Å². The van der Waals surface area contributed by atoms with Crippen LogP contribution in [0.5, 0.6) is 0 Å². The normalized spacial score (nSPS) is 10.2. The lowest BCUT2D eigenvalue weighted by atomic mass is 10.2. The van der Waals surface area contributed by atoms with Gasteiger partial charge in [0.05, 0.1) is 0 Å². The topological polar surface area (TPSA) is 12.9 Å². The minimum Gasteiger partial charge on any atom is -0.243 e. The SMILES string of the molecule is Clc1ccc(SCc2ccccc2)cn1. The Morgan fingerprint density at radius 1 is 1.07 bits per heavy atom. The first kappa shape index (κ1) is 10.5. The number of hydrogen-bond donors (Lipinski definition) is 0. The van der Waals surface area contributed by atoms with Crippen molar-refractivity contribution in [2.45, 2.75) is 10.6 Å². The van der Waals surface area contributed by atoms with E-state index in [-0.39, 0.29) is 0 Å². The highest BCUT2D eigenvalue weighted by atomic mass is 35.5. The van der Waals surface area contributed by atoms with Gasteiger partial charge in [-0.1, -0.05) is 41.9 Å². The van der Waals surface area contributed by atoms with Gasteiger partial charge in [-0.15, -0.1) is 11.8 Å². The van der Waals surface area contributed by atoms with Crippen LogP contribution < -0.4 is 0 Å². The van der Waals surface area contributed by atoms with Gasteiger partial charge < -0.3 is 0 Å². The standard InChI is InChI=1S/C12H10ClNS/c13-12-7-6-11(8-14-12)15-9-10-4-2-1-3-5-10/h1-8H,9H2. The molecule has 1 nitrogen and oxygen atoms in total. The number of halogens is 1. The van der Waals surface area contributed by atoms with Crippen LogP contribution in [0.3, 0.4) is 0 Å². The summed E-state index contributed by atoms with van der Waals surface area (Å²) in [4.78, 5) is 5.18. The number of rotatable bonds is 3. The molecule has 0 N–H and O–H groups in total. The van der Waals surface area contributed by atoms with E-state index in [9.17, 15) is 0 Å². The molecule has 0 fully saturated rings. The fraction of sp³-hybridized carbons (Fsp3) is 0.0833. The summed E-state index contributed by atoms with van der Waals surface area (Å²) in [6.07, 6.45) is 1.80. The van der Waals surface area contributed by atoms with Crippen molar-refractivity contribution in [2.24, 2.45) is 0 Å². The molecule has 2 rings (SSSR count). The van der Waals surface area contributed by atoms with Crippen molar-refractivity contribution in [3.8, 4) is 0 Å². The van der Waals surface area contributed by atoms with Gasteiger partial charge in [-0.2, -0.15) is 0 Å². The molecule has 1 aromatic heterocycles. The average molecular weight is 236 g/mol. The lowest BCUT2D eigenvalue weighted by Crippen LogP contribution is -1.80. The molecule has 2 aromatic rings. The van der Waals surface area contributed by atoms with Crippen LogP contribution in [-0.2, 0) is 5.75 Å². The third-order valence-electron chi connectivity index (χ3n) is 1.95.